The highest BCUT2D eigenvalue weighted by Crippen LogP contribution is 2.27. The number of hydrogen-bond donors (Lipinski definition) is 2. The number of hydrogen-bond acceptors (Lipinski definition) is 5. The zero-order valence-corrected chi connectivity index (χ0v) is 18.0. The van der Waals surface area contributed by atoms with Gasteiger partial charge in [-0.05, 0) is 50.3 Å². The molecule has 2 aliphatic rings. The molecular formula is C19H27Cl2N5O3. The van der Waals surface area contributed by atoms with Gasteiger partial charge in [-0.25, -0.2) is 9.78 Å². The highest BCUT2D eigenvalue weighted by molar-refractivity contribution is 5.96. The lowest BCUT2D eigenvalue weighted by Crippen LogP contribution is -2.34. The third-order valence-corrected chi connectivity index (χ3v) is 5.83. The van der Waals surface area contributed by atoms with E-state index in [2.05, 4.69) is 15.3 Å². The van der Waals surface area contributed by atoms with Crippen LogP contribution in [-0.2, 0) is 6.54 Å². The van der Waals surface area contributed by atoms with Crippen LogP contribution in [0.4, 0.5) is 0 Å². The van der Waals surface area contributed by atoms with Crippen LogP contribution < -0.4 is 16.6 Å². The number of aryl methyl sites for hydroxylation is 1. The Balaban J connectivity index is 0.00000150. The number of halogens is 2. The fourth-order valence-corrected chi connectivity index (χ4v) is 4.32. The number of likely N-dealkylation sites (tertiary alicyclic amines) is 1. The Morgan fingerprint density at radius 2 is 1.83 bits per heavy atom. The third kappa shape index (κ3) is 4.49. The van der Waals surface area contributed by atoms with Gasteiger partial charge in [0.1, 0.15) is 5.65 Å². The number of carbonyl (C=O) groups excluding carboxylic acids is 1. The summed E-state index contributed by atoms with van der Waals surface area (Å²) in [6.07, 6.45) is 4.24. The Bertz CT molecular complexity index is 976. The molecule has 2 N–H and O–H groups in total. The first-order valence-electron chi connectivity index (χ1n) is 9.71. The average molecular weight is 444 g/mol. The van der Waals surface area contributed by atoms with Gasteiger partial charge >= 0.3 is 5.69 Å². The molecule has 2 saturated heterocycles. The summed E-state index contributed by atoms with van der Waals surface area (Å²) in [6, 6.07) is 1.57. The Kier molecular flexibility index (Phi) is 7.85. The summed E-state index contributed by atoms with van der Waals surface area (Å²) < 4.78 is 1.45. The van der Waals surface area contributed by atoms with Gasteiger partial charge in [-0.3, -0.25) is 19.1 Å². The quantitative estimate of drug-likeness (QED) is 0.746. The molecule has 0 spiro atoms. The lowest BCUT2D eigenvalue weighted by atomic mass is 9.92. The number of aromatic nitrogens is 3. The fourth-order valence-electron chi connectivity index (χ4n) is 4.32. The predicted molar refractivity (Wildman–Crippen MR) is 116 cm³/mol. The van der Waals surface area contributed by atoms with E-state index < -0.39 is 11.2 Å². The molecule has 4 heterocycles. The van der Waals surface area contributed by atoms with Crippen molar-refractivity contribution in [2.24, 2.45) is 11.8 Å². The molecule has 2 aromatic rings. The molecule has 2 fully saturated rings. The van der Waals surface area contributed by atoms with Gasteiger partial charge in [0.15, 0.2) is 0 Å². The number of carbonyl (C=O) groups is 1. The highest BCUT2D eigenvalue weighted by Gasteiger charge is 2.31. The Hall–Kier alpha value is -1.90. The molecule has 10 heteroatoms. The van der Waals surface area contributed by atoms with Crippen LogP contribution in [0.25, 0.3) is 11.0 Å². The second kappa shape index (κ2) is 9.73. The molecule has 2 atom stereocenters. The molecule has 0 saturated carbocycles. The maximum absolute atomic E-state index is 13.0. The number of nitrogens with zero attached hydrogens (tertiary/aromatic N) is 3. The largest absolute Gasteiger partial charge is 0.339 e. The molecule has 0 unspecified atom stereocenters. The zero-order chi connectivity index (χ0) is 19.0. The van der Waals surface area contributed by atoms with E-state index in [1.807, 2.05) is 11.8 Å². The first-order valence-corrected chi connectivity index (χ1v) is 9.71. The van der Waals surface area contributed by atoms with Crippen molar-refractivity contribution in [3.63, 3.8) is 0 Å². The van der Waals surface area contributed by atoms with E-state index in [0.717, 1.165) is 45.4 Å². The summed E-state index contributed by atoms with van der Waals surface area (Å²) >= 11 is 0. The number of fused-ring (bicyclic) bond motifs is 2. The van der Waals surface area contributed by atoms with Gasteiger partial charge in [0, 0.05) is 25.8 Å². The summed E-state index contributed by atoms with van der Waals surface area (Å²) in [4.78, 5) is 45.8. The molecule has 0 bridgehead atoms. The molecule has 2 aliphatic heterocycles. The van der Waals surface area contributed by atoms with Crippen molar-refractivity contribution >= 4 is 41.8 Å². The van der Waals surface area contributed by atoms with Crippen molar-refractivity contribution in [3.05, 3.63) is 38.7 Å². The minimum Gasteiger partial charge on any atom is -0.339 e. The van der Waals surface area contributed by atoms with Crippen molar-refractivity contribution < 1.29 is 4.79 Å². The molecule has 8 nitrogen and oxygen atoms in total. The lowest BCUT2D eigenvalue weighted by Gasteiger charge is -2.21. The number of nitrogens with one attached hydrogen (secondary N) is 2. The number of aromatic amines is 1. The van der Waals surface area contributed by atoms with Crippen molar-refractivity contribution in [2.75, 3.05) is 26.2 Å². The predicted octanol–water partition coefficient (Wildman–Crippen LogP) is 1.41. The van der Waals surface area contributed by atoms with Gasteiger partial charge in [0.05, 0.1) is 10.9 Å². The molecule has 1 amide bonds. The second-order valence-corrected chi connectivity index (χ2v) is 7.55. The maximum Gasteiger partial charge on any atom is 0.329 e. The Labute approximate surface area is 180 Å². The number of pyridine rings is 1. The summed E-state index contributed by atoms with van der Waals surface area (Å²) in [5.41, 5.74) is -0.229. The standard InChI is InChI=1S/C19H25N5O3.2ClH/c1-2-5-24-16-15(17(25)22-19(24)27)8-14(11-21-16)18(26)23-6-3-12-9-20-10-13(12)4-7-23;;/h8,11-13,20H,2-7,9-10H2,1H3,(H,22,25,27);2*1H/t12-,13+;;. The van der Waals surface area contributed by atoms with Crippen molar-refractivity contribution in [1.29, 1.82) is 0 Å². The fraction of sp³-hybridized carbons (Fsp3) is 0.579. The first-order chi connectivity index (χ1) is 13.1. The summed E-state index contributed by atoms with van der Waals surface area (Å²) in [6.45, 7) is 5.95. The molecule has 2 aromatic heterocycles. The molecular weight excluding hydrogens is 417 g/mol. The first kappa shape index (κ1) is 23.4. The number of amides is 1. The lowest BCUT2D eigenvalue weighted by molar-refractivity contribution is 0.0758. The number of H-pyrrole nitrogens is 1. The topological polar surface area (TPSA) is 100 Å². The summed E-state index contributed by atoms with van der Waals surface area (Å²) in [5.74, 6) is 1.19. The molecule has 0 aliphatic carbocycles. The molecule has 29 heavy (non-hydrogen) atoms. The van der Waals surface area contributed by atoms with Crippen molar-refractivity contribution in [1.82, 2.24) is 24.8 Å². The van der Waals surface area contributed by atoms with Crippen LogP contribution in [-0.4, -0.2) is 51.5 Å². The van der Waals surface area contributed by atoms with E-state index >= 15 is 0 Å². The molecule has 0 radical (unpaired) electrons. The van der Waals surface area contributed by atoms with Gasteiger partial charge in [-0.15, -0.1) is 24.8 Å². The van der Waals surface area contributed by atoms with Crippen LogP contribution in [0.15, 0.2) is 21.9 Å². The Morgan fingerprint density at radius 3 is 2.45 bits per heavy atom. The van der Waals surface area contributed by atoms with E-state index in [1.54, 1.807) is 6.07 Å². The van der Waals surface area contributed by atoms with Crippen molar-refractivity contribution in [3.8, 4) is 0 Å². The van der Waals surface area contributed by atoms with Gasteiger partial charge in [-0.2, -0.15) is 0 Å². The van der Waals surface area contributed by atoms with E-state index in [4.69, 9.17) is 0 Å². The van der Waals surface area contributed by atoms with Crippen LogP contribution in [0.1, 0.15) is 36.5 Å². The van der Waals surface area contributed by atoms with Crippen LogP contribution in [0.5, 0.6) is 0 Å². The van der Waals surface area contributed by atoms with Crippen molar-refractivity contribution in [2.45, 2.75) is 32.7 Å². The van der Waals surface area contributed by atoms with E-state index in [9.17, 15) is 14.4 Å². The molecule has 0 aromatic carbocycles. The minimum atomic E-state index is -0.499. The SMILES string of the molecule is CCCn1c(=O)[nH]c(=O)c2cc(C(=O)N3CC[C@@H]4CNC[C@@H]4CC3)cnc21.Cl.Cl. The van der Waals surface area contributed by atoms with Crippen LogP contribution in [0.2, 0.25) is 0 Å². The average Bonchev–Trinajstić information content (AvgIpc) is 3.02. The van der Waals surface area contributed by atoms with Gasteiger partial charge in [0.25, 0.3) is 11.5 Å². The van der Waals surface area contributed by atoms with Gasteiger partial charge < -0.3 is 10.2 Å². The summed E-state index contributed by atoms with van der Waals surface area (Å²) in [5, 5.41) is 3.72. The zero-order valence-electron chi connectivity index (χ0n) is 16.3. The maximum atomic E-state index is 13.0. The highest BCUT2D eigenvalue weighted by atomic mass is 35.5. The third-order valence-electron chi connectivity index (χ3n) is 5.83. The van der Waals surface area contributed by atoms with Gasteiger partial charge in [-0.1, -0.05) is 6.92 Å². The van der Waals surface area contributed by atoms with Crippen LogP contribution in [0, 0.1) is 11.8 Å². The van der Waals surface area contributed by atoms with Crippen LogP contribution >= 0.6 is 24.8 Å². The second-order valence-electron chi connectivity index (χ2n) is 7.55. The van der Waals surface area contributed by atoms with E-state index in [-0.39, 0.29) is 36.1 Å². The summed E-state index contributed by atoms with van der Waals surface area (Å²) in [7, 11) is 0. The van der Waals surface area contributed by atoms with E-state index in [1.165, 1.54) is 10.8 Å². The normalized spacial score (nSPS) is 21.1. The smallest absolute Gasteiger partial charge is 0.329 e. The molecule has 160 valence electrons. The van der Waals surface area contributed by atoms with Gasteiger partial charge in [0.2, 0.25) is 0 Å². The minimum absolute atomic E-state index is 0. The van der Waals surface area contributed by atoms with Crippen LogP contribution in [0.3, 0.4) is 0 Å². The monoisotopic (exact) mass is 443 g/mol. The number of rotatable bonds is 3. The molecule has 4 rings (SSSR count). The Morgan fingerprint density at radius 1 is 1.17 bits per heavy atom. The van der Waals surface area contributed by atoms with E-state index in [0.29, 0.717) is 29.6 Å².